The smallest absolute Gasteiger partial charge is 0.0895 e. The largest absolute Gasteiger partial charge is 0.394 e. The molecule has 0 amide bonds. The van der Waals surface area contributed by atoms with Crippen LogP contribution in [0.2, 0.25) is 10.0 Å². The van der Waals surface area contributed by atoms with E-state index in [4.69, 9.17) is 28.3 Å². The van der Waals surface area contributed by atoms with Crippen LogP contribution in [0.15, 0.2) is 48.5 Å². The topological polar surface area (TPSA) is 52.5 Å². The number of benzene rings is 2. The molecular formula is C16H17Cl2NO2. The van der Waals surface area contributed by atoms with Gasteiger partial charge in [0, 0.05) is 16.6 Å². The highest BCUT2D eigenvalue weighted by molar-refractivity contribution is 6.30. The Hall–Kier alpha value is -1.10. The average Bonchev–Trinajstić information content (AvgIpc) is 2.50. The first-order valence-electron chi connectivity index (χ1n) is 6.63. The van der Waals surface area contributed by atoms with Gasteiger partial charge in [0.05, 0.1) is 18.8 Å². The summed E-state index contributed by atoms with van der Waals surface area (Å²) in [6.45, 7) is 0.00732. The van der Waals surface area contributed by atoms with Gasteiger partial charge >= 0.3 is 0 Å². The predicted octanol–water partition coefficient (Wildman–Crippen LogP) is 3.03. The molecule has 21 heavy (non-hydrogen) atoms. The number of aliphatic hydroxyl groups is 2. The maximum atomic E-state index is 9.53. The van der Waals surface area contributed by atoms with E-state index in [2.05, 4.69) is 5.32 Å². The normalized spacial score (nSPS) is 12.6. The molecule has 0 bridgehead atoms. The second-order valence-corrected chi connectivity index (χ2v) is 5.65. The number of nitrogens with one attached hydrogen (secondary N) is 1. The fraction of sp³-hybridized carbons (Fsp3) is 0.250. The highest BCUT2D eigenvalue weighted by Gasteiger charge is 2.15. The van der Waals surface area contributed by atoms with E-state index in [1.807, 2.05) is 48.5 Å². The standard InChI is InChI=1S/C16H17Cl2NO2/c17-13-5-1-11(2-6-13)16(19-9-15(21)10-20)12-3-7-14(18)8-4-12/h1-8,15-16,19-21H,9-10H2. The van der Waals surface area contributed by atoms with Crippen molar-refractivity contribution < 1.29 is 10.2 Å². The molecule has 1 atom stereocenters. The zero-order chi connectivity index (χ0) is 15.2. The molecular weight excluding hydrogens is 309 g/mol. The lowest BCUT2D eigenvalue weighted by Gasteiger charge is -2.21. The van der Waals surface area contributed by atoms with E-state index in [9.17, 15) is 5.11 Å². The van der Waals surface area contributed by atoms with Gasteiger partial charge in [0.25, 0.3) is 0 Å². The Morgan fingerprint density at radius 2 is 1.29 bits per heavy atom. The summed E-state index contributed by atoms with van der Waals surface area (Å²) in [5, 5.41) is 23.1. The van der Waals surface area contributed by atoms with Gasteiger partial charge in [-0.05, 0) is 35.4 Å². The first-order chi connectivity index (χ1) is 10.1. The van der Waals surface area contributed by atoms with Crippen molar-refractivity contribution in [3.63, 3.8) is 0 Å². The van der Waals surface area contributed by atoms with Crippen molar-refractivity contribution in [1.82, 2.24) is 5.32 Å². The van der Waals surface area contributed by atoms with Crippen LogP contribution >= 0.6 is 23.2 Å². The molecule has 0 aliphatic heterocycles. The molecule has 2 aromatic carbocycles. The number of hydrogen-bond donors (Lipinski definition) is 3. The molecule has 3 N–H and O–H groups in total. The van der Waals surface area contributed by atoms with Gasteiger partial charge in [-0.3, -0.25) is 0 Å². The molecule has 3 nitrogen and oxygen atoms in total. The van der Waals surface area contributed by atoms with Crippen molar-refractivity contribution >= 4 is 23.2 Å². The minimum absolute atomic E-state index is 0.110. The van der Waals surface area contributed by atoms with Gasteiger partial charge in [0.15, 0.2) is 0 Å². The molecule has 0 saturated carbocycles. The van der Waals surface area contributed by atoms with Crippen LogP contribution in [0.5, 0.6) is 0 Å². The summed E-state index contributed by atoms with van der Waals surface area (Å²) < 4.78 is 0. The summed E-state index contributed by atoms with van der Waals surface area (Å²) in [7, 11) is 0. The van der Waals surface area contributed by atoms with E-state index in [1.165, 1.54) is 0 Å². The lowest BCUT2D eigenvalue weighted by molar-refractivity contribution is 0.0929. The molecule has 0 aliphatic carbocycles. The van der Waals surface area contributed by atoms with Crippen molar-refractivity contribution in [1.29, 1.82) is 0 Å². The van der Waals surface area contributed by atoms with Crippen LogP contribution in [-0.2, 0) is 0 Å². The molecule has 0 heterocycles. The Morgan fingerprint density at radius 1 is 0.857 bits per heavy atom. The van der Waals surface area contributed by atoms with Crippen LogP contribution in [0.1, 0.15) is 17.2 Å². The zero-order valence-electron chi connectivity index (χ0n) is 11.3. The summed E-state index contributed by atoms with van der Waals surface area (Å²) in [5.74, 6) is 0. The van der Waals surface area contributed by atoms with Crippen molar-refractivity contribution in [2.75, 3.05) is 13.2 Å². The monoisotopic (exact) mass is 325 g/mol. The van der Waals surface area contributed by atoms with Gasteiger partial charge in [-0.25, -0.2) is 0 Å². The quantitative estimate of drug-likeness (QED) is 0.765. The fourth-order valence-corrected chi connectivity index (χ4v) is 2.31. The molecule has 0 spiro atoms. The Labute approximate surface area is 134 Å². The van der Waals surface area contributed by atoms with E-state index < -0.39 is 6.10 Å². The van der Waals surface area contributed by atoms with Gasteiger partial charge < -0.3 is 15.5 Å². The third kappa shape index (κ3) is 4.70. The van der Waals surface area contributed by atoms with E-state index in [-0.39, 0.29) is 19.2 Å². The highest BCUT2D eigenvalue weighted by atomic mass is 35.5. The first-order valence-corrected chi connectivity index (χ1v) is 7.39. The van der Waals surface area contributed by atoms with Crippen LogP contribution in [0.25, 0.3) is 0 Å². The lowest BCUT2D eigenvalue weighted by atomic mass is 9.98. The first kappa shape index (κ1) is 16.3. The second kappa shape index (κ2) is 7.78. The maximum absolute atomic E-state index is 9.53. The van der Waals surface area contributed by atoms with Gasteiger partial charge in [-0.2, -0.15) is 0 Å². The maximum Gasteiger partial charge on any atom is 0.0895 e. The van der Waals surface area contributed by atoms with Crippen LogP contribution in [0.4, 0.5) is 0 Å². The molecule has 0 saturated heterocycles. The van der Waals surface area contributed by atoms with Crippen molar-refractivity contribution in [2.24, 2.45) is 0 Å². The van der Waals surface area contributed by atoms with Gasteiger partial charge in [-0.1, -0.05) is 47.5 Å². The van der Waals surface area contributed by atoms with Crippen LogP contribution in [0.3, 0.4) is 0 Å². The van der Waals surface area contributed by atoms with Crippen LogP contribution in [-0.4, -0.2) is 29.5 Å². The lowest BCUT2D eigenvalue weighted by Crippen LogP contribution is -2.32. The Balaban J connectivity index is 2.25. The number of rotatable bonds is 6. The molecule has 112 valence electrons. The van der Waals surface area contributed by atoms with Crippen molar-refractivity contribution in [2.45, 2.75) is 12.1 Å². The summed E-state index contributed by atoms with van der Waals surface area (Å²) in [6.07, 6.45) is -0.799. The molecule has 0 radical (unpaired) electrons. The molecule has 0 fully saturated rings. The number of hydrogen-bond acceptors (Lipinski definition) is 3. The summed E-state index contributed by atoms with van der Waals surface area (Å²) in [4.78, 5) is 0. The highest BCUT2D eigenvalue weighted by Crippen LogP contribution is 2.24. The Kier molecular flexibility index (Phi) is 6.03. The van der Waals surface area contributed by atoms with E-state index >= 15 is 0 Å². The van der Waals surface area contributed by atoms with E-state index in [0.717, 1.165) is 11.1 Å². The Morgan fingerprint density at radius 3 is 1.67 bits per heavy atom. The van der Waals surface area contributed by atoms with Crippen molar-refractivity contribution in [3.05, 3.63) is 69.7 Å². The van der Waals surface area contributed by atoms with Gasteiger partial charge in [0.1, 0.15) is 0 Å². The van der Waals surface area contributed by atoms with E-state index in [0.29, 0.717) is 10.0 Å². The van der Waals surface area contributed by atoms with Crippen LogP contribution < -0.4 is 5.32 Å². The summed E-state index contributed by atoms with van der Waals surface area (Å²) in [5.41, 5.74) is 2.04. The number of halogens is 2. The summed E-state index contributed by atoms with van der Waals surface area (Å²) in [6, 6.07) is 14.9. The van der Waals surface area contributed by atoms with Crippen molar-refractivity contribution in [3.8, 4) is 0 Å². The SMILES string of the molecule is OCC(O)CNC(c1ccc(Cl)cc1)c1ccc(Cl)cc1. The molecule has 0 aromatic heterocycles. The molecule has 0 aliphatic rings. The molecule has 5 heteroatoms. The minimum atomic E-state index is -0.799. The molecule has 2 rings (SSSR count). The summed E-state index contributed by atoms with van der Waals surface area (Å²) >= 11 is 11.8. The van der Waals surface area contributed by atoms with Gasteiger partial charge in [-0.15, -0.1) is 0 Å². The van der Waals surface area contributed by atoms with Gasteiger partial charge in [0.2, 0.25) is 0 Å². The predicted molar refractivity (Wildman–Crippen MR) is 85.8 cm³/mol. The fourth-order valence-electron chi connectivity index (χ4n) is 2.06. The molecule has 1 unspecified atom stereocenters. The third-order valence-electron chi connectivity index (χ3n) is 3.18. The number of aliphatic hydroxyl groups excluding tert-OH is 2. The average molecular weight is 326 g/mol. The van der Waals surface area contributed by atoms with E-state index in [1.54, 1.807) is 0 Å². The van der Waals surface area contributed by atoms with Crippen LogP contribution in [0, 0.1) is 0 Å². The zero-order valence-corrected chi connectivity index (χ0v) is 12.8. The minimum Gasteiger partial charge on any atom is -0.394 e. The molecule has 2 aromatic rings. The third-order valence-corrected chi connectivity index (χ3v) is 3.68. The Bertz CT molecular complexity index is 512. The second-order valence-electron chi connectivity index (χ2n) is 4.78.